The maximum absolute atomic E-state index is 10.6. The van der Waals surface area contributed by atoms with E-state index in [0.717, 1.165) is 0 Å². The number of hydrogen-bond acceptors (Lipinski definition) is 5. The molecule has 14 heavy (non-hydrogen) atoms. The maximum Gasteiger partial charge on any atom is 0.353 e. The van der Waals surface area contributed by atoms with Gasteiger partial charge in [-0.25, -0.2) is 4.79 Å². The number of carbonyl (C=O) groups is 1. The number of carboxylic acid groups (broad SMARTS) is 1. The highest BCUT2D eigenvalue weighted by Gasteiger charge is 2.15. The second-order valence-electron chi connectivity index (χ2n) is 2.52. The highest BCUT2D eigenvalue weighted by Crippen LogP contribution is 1.95. The number of aliphatic hydroxyl groups is 1. The second-order valence-corrected chi connectivity index (χ2v) is 2.52. The average Bonchev–Trinajstić information content (AvgIpc) is 2.16. The molecule has 0 aliphatic rings. The zero-order valence-corrected chi connectivity index (χ0v) is 7.72. The van der Waals surface area contributed by atoms with Crippen LogP contribution >= 0.6 is 0 Å². The van der Waals surface area contributed by atoms with E-state index in [-0.39, 0.29) is 25.3 Å². The smallest absolute Gasteiger partial charge is 0.353 e. The Bertz CT molecular complexity index is 227. The molecule has 0 fully saturated rings. The fraction of sp³-hybridized carbons (Fsp3) is 0.500. The molecule has 0 spiro atoms. The van der Waals surface area contributed by atoms with E-state index in [4.69, 9.17) is 15.9 Å². The Kier molecular flexibility index (Phi) is 6.34. The van der Waals surface area contributed by atoms with Gasteiger partial charge in [-0.1, -0.05) is 17.8 Å². The molecule has 6 heteroatoms. The zero-order valence-electron chi connectivity index (χ0n) is 7.72. The van der Waals surface area contributed by atoms with E-state index in [1.807, 2.05) is 0 Å². The van der Waals surface area contributed by atoms with Crippen LogP contribution in [0.15, 0.2) is 17.8 Å². The number of oxime groups is 1. The maximum atomic E-state index is 10.6. The van der Waals surface area contributed by atoms with E-state index < -0.39 is 12.1 Å². The summed E-state index contributed by atoms with van der Waals surface area (Å²) >= 11 is 0. The molecule has 0 saturated carbocycles. The Labute approximate surface area is 81.7 Å². The van der Waals surface area contributed by atoms with Crippen LogP contribution in [0, 0.1) is 0 Å². The molecule has 0 aromatic rings. The van der Waals surface area contributed by atoms with Crippen LogP contribution in [-0.4, -0.2) is 41.1 Å². The lowest BCUT2D eigenvalue weighted by molar-refractivity contribution is -0.129. The first-order chi connectivity index (χ1) is 6.61. The number of aliphatic carboxylic acids is 1. The molecule has 0 radical (unpaired) electrons. The summed E-state index contributed by atoms with van der Waals surface area (Å²) in [7, 11) is 0. The van der Waals surface area contributed by atoms with Crippen molar-refractivity contribution in [1.82, 2.24) is 0 Å². The first kappa shape index (κ1) is 12.6. The van der Waals surface area contributed by atoms with Crippen molar-refractivity contribution in [1.29, 1.82) is 0 Å². The van der Waals surface area contributed by atoms with E-state index in [2.05, 4.69) is 16.6 Å². The first-order valence-electron chi connectivity index (χ1n) is 4.03. The van der Waals surface area contributed by atoms with Crippen molar-refractivity contribution < 1.29 is 19.8 Å². The Morgan fingerprint density at radius 1 is 1.71 bits per heavy atom. The van der Waals surface area contributed by atoms with Gasteiger partial charge in [0, 0.05) is 13.0 Å². The van der Waals surface area contributed by atoms with Gasteiger partial charge in [-0.05, 0) is 0 Å². The Morgan fingerprint density at radius 3 is 2.79 bits per heavy atom. The predicted molar refractivity (Wildman–Crippen MR) is 50.9 cm³/mol. The van der Waals surface area contributed by atoms with E-state index in [1.54, 1.807) is 0 Å². The molecule has 0 aliphatic carbocycles. The Hall–Kier alpha value is -1.40. The first-order valence-corrected chi connectivity index (χ1v) is 4.03. The molecule has 0 aliphatic heterocycles. The summed E-state index contributed by atoms with van der Waals surface area (Å²) in [6.07, 6.45) is 0.378. The number of hydrogen-bond donors (Lipinski definition) is 3. The normalized spacial score (nSPS) is 13.4. The monoisotopic (exact) mass is 202 g/mol. The summed E-state index contributed by atoms with van der Waals surface area (Å²) in [4.78, 5) is 15.1. The third-order valence-corrected chi connectivity index (χ3v) is 1.32. The predicted octanol–water partition coefficient (Wildman–Crippen LogP) is -0.661. The van der Waals surface area contributed by atoms with Gasteiger partial charge in [0.25, 0.3) is 0 Å². The van der Waals surface area contributed by atoms with E-state index >= 15 is 0 Å². The SMILES string of the molecule is C=CCO/N=C(\C[C@@H](O)CN)C(=O)O. The van der Waals surface area contributed by atoms with Gasteiger partial charge in [-0.3, -0.25) is 0 Å². The van der Waals surface area contributed by atoms with Crippen LogP contribution in [0.1, 0.15) is 6.42 Å². The van der Waals surface area contributed by atoms with Crippen molar-refractivity contribution in [3.63, 3.8) is 0 Å². The molecule has 0 aromatic carbocycles. The van der Waals surface area contributed by atoms with Gasteiger partial charge in [0.05, 0.1) is 6.10 Å². The average molecular weight is 202 g/mol. The molecule has 0 bridgehead atoms. The molecule has 1 atom stereocenters. The fourth-order valence-corrected chi connectivity index (χ4v) is 0.638. The molecular weight excluding hydrogens is 188 g/mol. The van der Waals surface area contributed by atoms with Crippen LogP contribution in [0.3, 0.4) is 0 Å². The lowest BCUT2D eigenvalue weighted by Crippen LogP contribution is -2.27. The summed E-state index contributed by atoms with van der Waals surface area (Å²) < 4.78 is 0. The minimum atomic E-state index is -1.23. The van der Waals surface area contributed by atoms with Crippen molar-refractivity contribution in [2.45, 2.75) is 12.5 Å². The topological polar surface area (TPSA) is 105 Å². The molecule has 0 unspecified atom stereocenters. The van der Waals surface area contributed by atoms with Gasteiger partial charge in [-0.2, -0.15) is 0 Å². The lowest BCUT2D eigenvalue weighted by Gasteiger charge is -2.06. The summed E-state index contributed by atoms with van der Waals surface area (Å²) in [5.41, 5.74) is 4.86. The number of nitrogens with two attached hydrogens (primary N) is 1. The third-order valence-electron chi connectivity index (χ3n) is 1.32. The molecular formula is C8H14N2O4. The van der Waals surface area contributed by atoms with Crippen LogP contribution < -0.4 is 5.73 Å². The highest BCUT2D eigenvalue weighted by molar-refractivity contribution is 6.35. The molecule has 0 saturated heterocycles. The lowest BCUT2D eigenvalue weighted by atomic mass is 10.2. The van der Waals surface area contributed by atoms with Gasteiger partial charge in [0.15, 0.2) is 5.71 Å². The minimum Gasteiger partial charge on any atom is -0.477 e. The van der Waals surface area contributed by atoms with Gasteiger partial charge in [0.2, 0.25) is 0 Å². The standard InChI is InChI=1S/C8H14N2O4/c1-2-3-14-10-7(8(12)13)4-6(11)5-9/h2,6,11H,1,3-5,9H2,(H,12,13)/b10-7+/t6-/m1/s1. The fourth-order valence-electron chi connectivity index (χ4n) is 0.638. The van der Waals surface area contributed by atoms with Gasteiger partial charge >= 0.3 is 5.97 Å². The molecule has 0 aromatic heterocycles. The van der Waals surface area contributed by atoms with E-state index in [1.165, 1.54) is 6.08 Å². The van der Waals surface area contributed by atoms with Crippen molar-refractivity contribution in [2.75, 3.05) is 13.2 Å². The van der Waals surface area contributed by atoms with Gasteiger partial charge < -0.3 is 20.8 Å². The molecule has 80 valence electrons. The van der Waals surface area contributed by atoms with Crippen molar-refractivity contribution in [3.05, 3.63) is 12.7 Å². The molecule has 0 amide bonds. The number of carboxylic acids is 1. The van der Waals surface area contributed by atoms with Crippen molar-refractivity contribution >= 4 is 11.7 Å². The Morgan fingerprint density at radius 2 is 2.36 bits per heavy atom. The van der Waals surface area contributed by atoms with Crippen LogP contribution in [0.4, 0.5) is 0 Å². The second kappa shape index (κ2) is 7.05. The molecule has 0 rings (SSSR count). The summed E-state index contributed by atoms with van der Waals surface area (Å²) in [6, 6.07) is 0. The van der Waals surface area contributed by atoms with Gasteiger partial charge in [-0.15, -0.1) is 0 Å². The molecule has 0 heterocycles. The summed E-state index contributed by atoms with van der Waals surface area (Å²) in [5, 5.41) is 21.0. The molecule has 4 N–H and O–H groups in total. The van der Waals surface area contributed by atoms with Crippen molar-refractivity contribution in [2.24, 2.45) is 10.9 Å². The number of nitrogens with zero attached hydrogens (tertiary/aromatic N) is 1. The highest BCUT2D eigenvalue weighted by atomic mass is 16.6. The van der Waals surface area contributed by atoms with Crippen LogP contribution in [0.25, 0.3) is 0 Å². The summed E-state index contributed by atoms with van der Waals surface area (Å²) in [5.74, 6) is -1.23. The minimum absolute atomic E-state index is 0.0201. The quantitative estimate of drug-likeness (QED) is 0.220. The van der Waals surface area contributed by atoms with E-state index in [0.29, 0.717) is 0 Å². The third kappa shape index (κ3) is 5.28. The van der Waals surface area contributed by atoms with Crippen LogP contribution in [-0.2, 0) is 9.63 Å². The van der Waals surface area contributed by atoms with Crippen LogP contribution in [0.5, 0.6) is 0 Å². The largest absolute Gasteiger partial charge is 0.477 e. The van der Waals surface area contributed by atoms with Crippen LogP contribution in [0.2, 0.25) is 0 Å². The van der Waals surface area contributed by atoms with Gasteiger partial charge in [0.1, 0.15) is 6.61 Å². The summed E-state index contributed by atoms with van der Waals surface area (Å²) in [6.45, 7) is 3.47. The van der Waals surface area contributed by atoms with E-state index in [9.17, 15) is 4.79 Å². The van der Waals surface area contributed by atoms with Crippen molar-refractivity contribution in [3.8, 4) is 0 Å². The zero-order chi connectivity index (χ0) is 11.0. The molecule has 6 nitrogen and oxygen atoms in total. The number of aliphatic hydroxyl groups excluding tert-OH is 1. The number of rotatable bonds is 7. The Balaban J connectivity index is 4.20.